The number of benzene rings is 8. The molecule has 1 aliphatic carbocycles. The van der Waals surface area contributed by atoms with Gasteiger partial charge >= 0.3 is 0 Å². The smallest absolute Gasteiger partial charge is 0.164 e. The Bertz CT molecular complexity index is 3080. The van der Waals surface area contributed by atoms with Crippen LogP contribution in [0.5, 0.6) is 0 Å². The van der Waals surface area contributed by atoms with Crippen molar-refractivity contribution in [2.75, 3.05) is 0 Å². The molecule has 0 amide bonds. The van der Waals surface area contributed by atoms with Gasteiger partial charge in [-0.1, -0.05) is 140 Å². The third kappa shape index (κ3) is 4.87. The van der Waals surface area contributed by atoms with Crippen molar-refractivity contribution >= 4 is 43.5 Å². The Balaban J connectivity index is 1.16. The Morgan fingerprint density at radius 1 is 0.358 bits per heavy atom. The lowest BCUT2D eigenvalue weighted by molar-refractivity contribution is 0.669. The van der Waals surface area contributed by atoms with Gasteiger partial charge in [0.2, 0.25) is 0 Å². The quantitative estimate of drug-likeness (QED) is 0.186. The van der Waals surface area contributed by atoms with E-state index in [1.807, 2.05) is 12.1 Å². The van der Waals surface area contributed by atoms with Gasteiger partial charge in [0.25, 0.3) is 0 Å². The van der Waals surface area contributed by atoms with Crippen LogP contribution in [-0.2, 0) is 12.8 Å². The molecule has 4 nitrogen and oxygen atoms in total. The fourth-order valence-electron chi connectivity index (χ4n) is 8.29. The molecule has 0 radical (unpaired) electrons. The summed E-state index contributed by atoms with van der Waals surface area (Å²) in [6.07, 6.45) is 2.00. The van der Waals surface area contributed by atoms with Crippen molar-refractivity contribution in [3.05, 3.63) is 175 Å². The number of aromatic nitrogens is 3. The Labute approximate surface area is 306 Å². The molecule has 0 unspecified atom stereocenters. The van der Waals surface area contributed by atoms with Gasteiger partial charge in [0, 0.05) is 27.5 Å². The normalized spacial score (nSPS) is 12.4. The monoisotopic (exact) mass is 677 g/mol. The van der Waals surface area contributed by atoms with Gasteiger partial charge in [-0.05, 0) is 92.0 Å². The number of hydrogen-bond acceptors (Lipinski definition) is 4. The molecule has 0 saturated heterocycles. The van der Waals surface area contributed by atoms with Crippen molar-refractivity contribution in [3.8, 4) is 56.4 Å². The molecule has 0 aliphatic heterocycles. The first kappa shape index (κ1) is 29.8. The summed E-state index contributed by atoms with van der Waals surface area (Å²) < 4.78 is 6.59. The summed E-state index contributed by atoms with van der Waals surface area (Å²) in [5, 5.41) is 6.77. The highest BCUT2D eigenvalue weighted by atomic mass is 16.3. The molecule has 0 bridgehead atoms. The fraction of sp³-hybridized carbons (Fsp3) is 0.0408. The van der Waals surface area contributed by atoms with Crippen LogP contribution in [0.4, 0.5) is 0 Å². The van der Waals surface area contributed by atoms with Crippen molar-refractivity contribution in [1.29, 1.82) is 0 Å². The van der Waals surface area contributed by atoms with E-state index in [2.05, 4.69) is 152 Å². The molecule has 11 rings (SSSR count). The predicted octanol–water partition coefficient (Wildman–Crippen LogP) is 12.5. The molecule has 1 aliphatic rings. The number of hydrogen-bond donors (Lipinski definition) is 0. The van der Waals surface area contributed by atoms with Crippen LogP contribution in [0.2, 0.25) is 0 Å². The van der Waals surface area contributed by atoms with Crippen molar-refractivity contribution in [1.82, 2.24) is 15.0 Å². The summed E-state index contributed by atoms with van der Waals surface area (Å²) in [6.45, 7) is 0. The second-order valence-corrected chi connectivity index (χ2v) is 13.9. The zero-order chi connectivity index (χ0) is 34.9. The molecule has 0 saturated carbocycles. The van der Waals surface area contributed by atoms with Crippen molar-refractivity contribution in [2.24, 2.45) is 0 Å². The average Bonchev–Trinajstić information content (AvgIpc) is 3.62. The number of aryl methyl sites for hydroxylation is 2. The molecule has 0 atom stereocenters. The third-order valence-corrected chi connectivity index (χ3v) is 10.8. The summed E-state index contributed by atoms with van der Waals surface area (Å²) in [5.41, 5.74) is 12.1. The first-order valence-corrected chi connectivity index (χ1v) is 18.1. The van der Waals surface area contributed by atoms with Crippen molar-refractivity contribution in [2.45, 2.75) is 12.8 Å². The molecule has 0 fully saturated rings. The Morgan fingerprint density at radius 2 is 0.925 bits per heavy atom. The van der Waals surface area contributed by atoms with E-state index in [1.165, 1.54) is 38.4 Å². The highest BCUT2D eigenvalue weighted by molar-refractivity contribution is 6.19. The summed E-state index contributed by atoms with van der Waals surface area (Å²) in [6, 6.07) is 57.8. The summed E-state index contributed by atoms with van der Waals surface area (Å²) in [5.74, 6) is 1.90. The SMILES string of the molecule is c1ccc2c(c1)CCc1cc(-c3nc(-c4ccc5ccccc5c4)nc(-c4cccc5oc6cccc(-c7cccc8ccccc78)c6c45)n3)ccc1-2. The lowest BCUT2D eigenvalue weighted by Crippen LogP contribution is -2.05. The Kier molecular flexibility index (Phi) is 6.65. The standard InChI is InChI=1S/C49H31N3O/c1-2-13-33-28-35(25-22-30(33)10-1)47-50-48(36-26-27-39-34(29-36)24-23-32-12-4-5-15-37(32)39)52-49(51-47)42-19-9-21-44-46(42)45-41(18-8-20-43(45)53-44)40-17-7-14-31-11-3-6-16-38(31)40/h1-22,25-29H,23-24H2. The second-order valence-electron chi connectivity index (χ2n) is 13.9. The molecule has 2 heterocycles. The first-order valence-electron chi connectivity index (χ1n) is 18.1. The van der Waals surface area contributed by atoms with Crippen molar-refractivity contribution in [3.63, 3.8) is 0 Å². The van der Waals surface area contributed by atoms with Gasteiger partial charge in [0.15, 0.2) is 17.5 Å². The third-order valence-electron chi connectivity index (χ3n) is 10.8. The molecule has 10 aromatic rings. The summed E-state index contributed by atoms with van der Waals surface area (Å²) in [7, 11) is 0. The van der Waals surface area contributed by atoms with E-state index in [-0.39, 0.29) is 0 Å². The maximum atomic E-state index is 6.59. The molecule has 0 spiro atoms. The molecule has 0 N–H and O–H groups in total. The van der Waals surface area contributed by atoms with E-state index in [1.54, 1.807) is 0 Å². The molecule has 8 aromatic carbocycles. The highest BCUT2D eigenvalue weighted by Gasteiger charge is 2.22. The Morgan fingerprint density at radius 3 is 1.79 bits per heavy atom. The van der Waals surface area contributed by atoms with Crippen LogP contribution in [0.1, 0.15) is 11.1 Å². The topological polar surface area (TPSA) is 51.8 Å². The molecule has 248 valence electrons. The first-order chi connectivity index (χ1) is 26.2. The summed E-state index contributed by atoms with van der Waals surface area (Å²) >= 11 is 0. The number of fused-ring (bicyclic) bond motifs is 8. The minimum absolute atomic E-state index is 0.613. The van der Waals surface area contributed by atoms with E-state index in [0.29, 0.717) is 17.5 Å². The largest absolute Gasteiger partial charge is 0.456 e. The minimum Gasteiger partial charge on any atom is -0.456 e. The average molecular weight is 678 g/mol. The van der Waals surface area contributed by atoms with Gasteiger partial charge in [0.05, 0.1) is 0 Å². The van der Waals surface area contributed by atoms with Crippen LogP contribution in [0.3, 0.4) is 0 Å². The number of rotatable bonds is 4. The van der Waals surface area contributed by atoms with Gasteiger partial charge in [-0.25, -0.2) is 15.0 Å². The zero-order valence-electron chi connectivity index (χ0n) is 28.8. The van der Waals surface area contributed by atoms with Gasteiger partial charge in [-0.3, -0.25) is 0 Å². The predicted molar refractivity (Wildman–Crippen MR) is 217 cm³/mol. The van der Waals surface area contributed by atoms with Gasteiger partial charge in [-0.2, -0.15) is 0 Å². The lowest BCUT2D eigenvalue weighted by Gasteiger charge is -2.20. The van der Waals surface area contributed by atoms with Crippen LogP contribution in [-0.4, -0.2) is 15.0 Å². The van der Waals surface area contributed by atoms with E-state index in [0.717, 1.165) is 68.0 Å². The van der Waals surface area contributed by atoms with E-state index < -0.39 is 0 Å². The molecular formula is C49H31N3O. The highest BCUT2D eigenvalue weighted by Crippen LogP contribution is 2.43. The number of nitrogens with zero attached hydrogens (tertiary/aromatic N) is 3. The maximum absolute atomic E-state index is 6.59. The van der Waals surface area contributed by atoms with Gasteiger partial charge < -0.3 is 4.42 Å². The van der Waals surface area contributed by atoms with E-state index in [9.17, 15) is 0 Å². The van der Waals surface area contributed by atoms with Crippen LogP contribution >= 0.6 is 0 Å². The summed E-state index contributed by atoms with van der Waals surface area (Å²) in [4.78, 5) is 15.7. The maximum Gasteiger partial charge on any atom is 0.164 e. The zero-order valence-corrected chi connectivity index (χ0v) is 28.8. The van der Waals surface area contributed by atoms with E-state index >= 15 is 0 Å². The van der Waals surface area contributed by atoms with Crippen LogP contribution in [0.25, 0.3) is 99.9 Å². The number of furan rings is 1. The lowest BCUT2D eigenvalue weighted by atomic mass is 9.85. The molecule has 4 heteroatoms. The van der Waals surface area contributed by atoms with Gasteiger partial charge in [-0.15, -0.1) is 0 Å². The van der Waals surface area contributed by atoms with E-state index in [4.69, 9.17) is 19.4 Å². The molecule has 2 aromatic heterocycles. The molecular weight excluding hydrogens is 647 g/mol. The fourth-order valence-corrected chi connectivity index (χ4v) is 8.29. The molecule has 53 heavy (non-hydrogen) atoms. The van der Waals surface area contributed by atoms with Gasteiger partial charge in [0.1, 0.15) is 11.2 Å². The van der Waals surface area contributed by atoms with Crippen molar-refractivity contribution < 1.29 is 4.42 Å². The Hall–Kier alpha value is -6.91. The van der Waals surface area contributed by atoms with Crippen LogP contribution < -0.4 is 0 Å². The second kappa shape index (κ2) is 11.8. The minimum atomic E-state index is 0.613. The van der Waals surface area contributed by atoms with Crippen LogP contribution in [0, 0.1) is 0 Å². The van der Waals surface area contributed by atoms with Crippen LogP contribution in [0.15, 0.2) is 168 Å².